The summed E-state index contributed by atoms with van der Waals surface area (Å²) in [5.74, 6) is -1.08. The average Bonchev–Trinajstić information content (AvgIpc) is 2.84. The number of sulfonamides is 1. The SMILES string of the molecule is Cc1nn(C)cc1[C@H](C)NC(=O)C1CN(S(=O)(=O)c2ccc(F)cc2)C1. The standard InChI is InChI=1S/C17H21FN4O3S/c1-11(16-10-21(3)20-12(16)2)19-17(23)13-8-22(9-13)26(24,25)15-6-4-14(18)5-7-15/h4-7,10-11,13H,8-9H2,1-3H3,(H,19,23)/t11-/m0/s1. The van der Waals surface area contributed by atoms with Gasteiger partial charge in [0.05, 0.1) is 22.5 Å². The van der Waals surface area contributed by atoms with E-state index in [0.29, 0.717) is 0 Å². The number of hydrogen-bond donors (Lipinski definition) is 1. The summed E-state index contributed by atoms with van der Waals surface area (Å²) in [7, 11) is -1.88. The first-order valence-electron chi connectivity index (χ1n) is 8.24. The summed E-state index contributed by atoms with van der Waals surface area (Å²) < 4.78 is 40.8. The number of halogens is 1. The van der Waals surface area contributed by atoms with Gasteiger partial charge < -0.3 is 5.32 Å². The van der Waals surface area contributed by atoms with E-state index in [0.717, 1.165) is 23.4 Å². The van der Waals surface area contributed by atoms with Gasteiger partial charge in [-0.3, -0.25) is 9.48 Å². The van der Waals surface area contributed by atoms with Crippen molar-refractivity contribution in [3.05, 3.63) is 47.5 Å². The lowest BCUT2D eigenvalue weighted by atomic mass is 10.0. The molecule has 0 radical (unpaired) electrons. The molecule has 1 aliphatic heterocycles. The van der Waals surface area contributed by atoms with Crippen LogP contribution in [-0.4, -0.2) is 41.5 Å². The van der Waals surface area contributed by atoms with Gasteiger partial charge in [0.15, 0.2) is 0 Å². The Morgan fingerprint density at radius 3 is 2.46 bits per heavy atom. The van der Waals surface area contributed by atoms with Crippen LogP contribution in [0.2, 0.25) is 0 Å². The van der Waals surface area contributed by atoms with Crippen molar-refractivity contribution in [1.29, 1.82) is 0 Å². The Hall–Kier alpha value is -2.26. The number of rotatable bonds is 5. The highest BCUT2D eigenvalue weighted by Crippen LogP contribution is 2.26. The lowest BCUT2D eigenvalue weighted by Gasteiger charge is -2.37. The number of amides is 1. The molecule has 1 aromatic carbocycles. The van der Waals surface area contributed by atoms with Gasteiger partial charge in [-0.25, -0.2) is 12.8 Å². The van der Waals surface area contributed by atoms with E-state index in [4.69, 9.17) is 0 Å². The van der Waals surface area contributed by atoms with Crippen LogP contribution in [0.4, 0.5) is 4.39 Å². The van der Waals surface area contributed by atoms with E-state index < -0.39 is 21.8 Å². The molecule has 2 heterocycles. The van der Waals surface area contributed by atoms with Crippen molar-refractivity contribution in [2.45, 2.75) is 24.8 Å². The maximum absolute atomic E-state index is 13.0. The van der Waals surface area contributed by atoms with Crippen molar-refractivity contribution in [3.8, 4) is 0 Å². The number of carbonyl (C=O) groups excluding carboxylic acids is 1. The fourth-order valence-corrected chi connectivity index (χ4v) is 4.54. The summed E-state index contributed by atoms with van der Waals surface area (Å²) >= 11 is 0. The number of aromatic nitrogens is 2. The third-order valence-corrected chi connectivity index (χ3v) is 6.39. The predicted molar refractivity (Wildman–Crippen MR) is 93.2 cm³/mol. The second-order valence-electron chi connectivity index (χ2n) is 6.55. The average molecular weight is 380 g/mol. The van der Waals surface area contributed by atoms with Crippen molar-refractivity contribution in [3.63, 3.8) is 0 Å². The van der Waals surface area contributed by atoms with Crippen LogP contribution in [0.5, 0.6) is 0 Å². The minimum absolute atomic E-state index is 0.0251. The summed E-state index contributed by atoms with van der Waals surface area (Å²) in [5.41, 5.74) is 1.77. The van der Waals surface area contributed by atoms with Crippen LogP contribution in [0, 0.1) is 18.7 Å². The van der Waals surface area contributed by atoms with Crippen LogP contribution in [0.3, 0.4) is 0 Å². The molecule has 1 N–H and O–H groups in total. The minimum Gasteiger partial charge on any atom is -0.349 e. The highest BCUT2D eigenvalue weighted by Gasteiger charge is 2.40. The fourth-order valence-electron chi connectivity index (χ4n) is 3.01. The topological polar surface area (TPSA) is 84.3 Å². The van der Waals surface area contributed by atoms with Crippen molar-refractivity contribution in [2.75, 3.05) is 13.1 Å². The number of nitrogens with one attached hydrogen (secondary N) is 1. The summed E-state index contributed by atoms with van der Waals surface area (Å²) in [5, 5.41) is 7.16. The second kappa shape index (κ2) is 6.81. The van der Waals surface area contributed by atoms with E-state index in [9.17, 15) is 17.6 Å². The Kier molecular flexibility index (Phi) is 4.85. The van der Waals surface area contributed by atoms with Crippen LogP contribution in [0.1, 0.15) is 24.2 Å². The van der Waals surface area contributed by atoms with Gasteiger partial charge in [0.2, 0.25) is 15.9 Å². The highest BCUT2D eigenvalue weighted by molar-refractivity contribution is 7.89. The van der Waals surface area contributed by atoms with Crippen molar-refractivity contribution in [2.24, 2.45) is 13.0 Å². The van der Waals surface area contributed by atoms with E-state index in [-0.39, 0.29) is 29.9 Å². The zero-order chi connectivity index (χ0) is 19.1. The Bertz CT molecular complexity index is 918. The minimum atomic E-state index is -3.70. The number of carbonyl (C=O) groups is 1. The molecule has 1 atom stereocenters. The zero-order valence-corrected chi connectivity index (χ0v) is 15.6. The highest BCUT2D eigenvalue weighted by atomic mass is 32.2. The van der Waals surface area contributed by atoms with E-state index in [2.05, 4.69) is 10.4 Å². The molecular weight excluding hydrogens is 359 g/mol. The Balaban J connectivity index is 1.59. The summed E-state index contributed by atoms with van der Waals surface area (Å²) in [6, 6.07) is 4.46. The van der Waals surface area contributed by atoms with E-state index in [1.165, 1.54) is 16.4 Å². The first-order chi connectivity index (χ1) is 12.2. The van der Waals surface area contributed by atoms with Gasteiger partial charge in [0, 0.05) is 31.9 Å². The Morgan fingerprint density at radius 1 is 1.31 bits per heavy atom. The molecule has 1 saturated heterocycles. The number of benzene rings is 1. The van der Waals surface area contributed by atoms with Gasteiger partial charge in [0.25, 0.3) is 0 Å². The molecule has 26 heavy (non-hydrogen) atoms. The van der Waals surface area contributed by atoms with Crippen LogP contribution < -0.4 is 5.32 Å². The first-order valence-corrected chi connectivity index (χ1v) is 9.68. The van der Waals surface area contributed by atoms with E-state index >= 15 is 0 Å². The number of aryl methyl sites for hydroxylation is 2. The van der Waals surface area contributed by atoms with Crippen molar-refractivity contribution >= 4 is 15.9 Å². The first kappa shape index (κ1) is 18.5. The number of hydrogen-bond acceptors (Lipinski definition) is 4. The third-order valence-electron chi connectivity index (χ3n) is 4.55. The van der Waals surface area contributed by atoms with Crippen molar-refractivity contribution in [1.82, 2.24) is 19.4 Å². The normalized spacial score (nSPS) is 16.9. The van der Waals surface area contributed by atoms with Gasteiger partial charge in [-0.2, -0.15) is 9.40 Å². The fraction of sp³-hybridized carbons (Fsp3) is 0.412. The van der Waals surface area contributed by atoms with E-state index in [1.54, 1.807) is 4.68 Å². The molecule has 2 aromatic rings. The molecule has 1 aromatic heterocycles. The maximum atomic E-state index is 13.0. The maximum Gasteiger partial charge on any atom is 0.243 e. The van der Waals surface area contributed by atoms with E-state index in [1.807, 2.05) is 27.1 Å². The Labute approximate surface area is 151 Å². The van der Waals surface area contributed by atoms with Gasteiger partial charge in [-0.05, 0) is 38.1 Å². The molecule has 1 fully saturated rings. The lowest BCUT2D eigenvalue weighted by Crippen LogP contribution is -2.55. The molecule has 0 unspecified atom stereocenters. The van der Waals surface area contributed by atoms with Crippen molar-refractivity contribution < 1.29 is 17.6 Å². The zero-order valence-electron chi connectivity index (χ0n) is 14.8. The summed E-state index contributed by atoms with van der Waals surface area (Å²) in [4.78, 5) is 12.4. The van der Waals surface area contributed by atoms with Crippen LogP contribution in [0.25, 0.3) is 0 Å². The van der Waals surface area contributed by atoms with Crippen LogP contribution in [0.15, 0.2) is 35.4 Å². The molecule has 1 amide bonds. The quantitative estimate of drug-likeness (QED) is 0.849. The molecule has 7 nitrogen and oxygen atoms in total. The van der Waals surface area contributed by atoms with Gasteiger partial charge in [-0.1, -0.05) is 0 Å². The number of nitrogens with zero attached hydrogens (tertiary/aromatic N) is 3. The molecule has 0 spiro atoms. The smallest absolute Gasteiger partial charge is 0.243 e. The molecule has 1 aliphatic rings. The van der Waals surface area contributed by atoms with Crippen LogP contribution >= 0.6 is 0 Å². The van der Waals surface area contributed by atoms with Crippen LogP contribution in [-0.2, 0) is 21.9 Å². The molecule has 140 valence electrons. The monoisotopic (exact) mass is 380 g/mol. The lowest BCUT2D eigenvalue weighted by molar-refractivity contribution is -0.128. The van der Waals surface area contributed by atoms with Gasteiger partial charge in [-0.15, -0.1) is 0 Å². The molecule has 0 aliphatic carbocycles. The molecule has 0 bridgehead atoms. The molecule has 9 heteroatoms. The third kappa shape index (κ3) is 3.49. The second-order valence-corrected chi connectivity index (χ2v) is 8.48. The molecular formula is C17H21FN4O3S. The summed E-state index contributed by atoms with van der Waals surface area (Å²) in [6.45, 7) is 3.97. The molecule has 0 saturated carbocycles. The molecule has 3 rings (SSSR count). The summed E-state index contributed by atoms with van der Waals surface area (Å²) in [6.07, 6.45) is 1.85. The van der Waals surface area contributed by atoms with Gasteiger partial charge >= 0.3 is 0 Å². The largest absolute Gasteiger partial charge is 0.349 e. The van der Waals surface area contributed by atoms with Gasteiger partial charge in [0.1, 0.15) is 5.82 Å². The Morgan fingerprint density at radius 2 is 1.92 bits per heavy atom. The predicted octanol–water partition coefficient (Wildman–Crippen LogP) is 1.37.